The maximum atomic E-state index is 12.9. The minimum atomic E-state index is -3.82. The predicted molar refractivity (Wildman–Crippen MR) is 95.2 cm³/mol. The summed E-state index contributed by atoms with van der Waals surface area (Å²) in [7, 11) is -3.82. The molecule has 3 aromatic rings. The van der Waals surface area contributed by atoms with Gasteiger partial charge >= 0.3 is 0 Å². The minimum Gasteiger partial charge on any atom is -0.450 e. The Hall–Kier alpha value is -2.61. The van der Waals surface area contributed by atoms with Crippen LogP contribution in [0.3, 0.4) is 0 Å². The van der Waals surface area contributed by atoms with Crippen LogP contribution in [0.4, 0.5) is 5.69 Å². The predicted octanol–water partition coefficient (Wildman–Crippen LogP) is 3.81. The fraction of sp³-hybridized carbons (Fsp3) is 0.333. The molecule has 1 fully saturated rings. The van der Waals surface area contributed by atoms with Gasteiger partial charge < -0.3 is 8.83 Å². The van der Waals surface area contributed by atoms with Gasteiger partial charge in [-0.25, -0.2) is 0 Å². The summed E-state index contributed by atoms with van der Waals surface area (Å²) in [6.45, 7) is 2.06. The topological polar surface area (TPSA) is 89.4 Å². The van der Waals surface area contributed by atoms with Crippen molar-refractivity contribution < 1.29 is 17.3 Å². The Balaban J connectivity index is 1.63. The summed E-state index contributed by atoms with van der Waals surface area (Å²) >= 11 is 0. The Labute approximate surface area is 151 Å². The van der Waals surface area contributed by atoms with Crippen LogP contribution in [0.25, 0.3) is 11.5 Å². The molecule has 0 amide bonds. The molecule has 0 radical (unpaired) electrons. The molecule has 1 aliphatic rings. The van der Waals surface area contributed by atoms with Gasteiger partial charge in [0.1, 0.15) is 6.26 Å². The van der Waals surface area contributed by atoms with Gasteiger partial charge in [0.15, 0.2) is 0 Å². The van der Waals surface area contributed by atoms with E-state index >= 15 is 0 Å². The number of hydrogen-bond acceptors (Lipinski definition) is 6. The van der Waals surface area contributed by atoms with E-state index in [1.165, 1.54) is 23.1 Å². The maximum Gasteiger partial charge on any atom is 0.297 e. The van der Waals surface area contributed by atoms with Crippen LogP contribution >= 0.6 is 0 Å². The SMILES string of the molecule is CCN(c1ccccc1)S(=O)(=O)c1cc(-c2nnc(C3CCC3)o2)co1. The Morgan fingerprint density at radius 3 is 2.62 bits per heavy atom. The lowest BCUT2D eigenvalue weighted by Crippen LogP contribution is -2.30. The minimum absolute atomic E-state index is 0.151. The first-order chi connectivity index (χ1) is 12.6. The molecule has 2 aromatic heterocycles. The fourth-order valence-corrected chi connectivity index (χ4v) is 4.33. The third-order valence-corrected chi connectivity index (χ3v) is 6.37. The third kappa shape index (κ3) is 2.90. The van der Waals surface area contributed by atoms with Crippen molar-refractivity contribution in [3.63, 3.8) is 0 Å². The zero-order chi connectivity index (χ0) is 18.1. The monoisotopic (exact) mass is 373 g/mol. The average molecular weight is 373 g/mol. The van der Waals surface area contributed by atoms with Gasteiger partial charge in [0.05, 0.1) is 11.3 Å². The first-order valence-corrected chi connectivity index (χ1v) is 10.0. The molecule has 7 nitrogen and oxygen atoms in total. The number of hydrogen-bond donors (Lipinski definition) is 0. The van der Waals surface area contributed by atoms with E-state index in [-0.39, 0.29) is 17.5 Å². The van der Waals surface area contributed by atoms with E-state index < -0.39 is 10.0 Å². The molecule has 0 aliphatic heterocycles. The number of sulfonamides is 1. The summed E-state index contributed by atoms with van der Waals surface area (Å²) in [5.41, 5.74) is 1.05. The van der Waals surface area contributed by atoms with Gasteiger partial charge in [0.2, 0.25) is 11.0 Å². The quantitative estimate of drug-likeness (QED) is 0.653. The summed E-state index contributed by atoms with van der Waals surface area (Å²) in [5, 5.41) is 7.94. The molecular weight excluding hydrogens is 354 g/mol. The number of benzene rings is 1. The standard InChI is InChI=1S/C18H19N3O4S/c1-2-21(15-9-4-3-5-10-15)26(22,23)16-11-14(12-24-16)18-20-19-17(25-18)13-7-6-8-13/h3-5,9-13H,2,6-8H2,1H3. The van der Waals surface area contributed by atoms with E-state index in [1.807, 2.05) is 6.07 Å². The second-order valence-electron chi connectivity index (χ2n) is 6.23. The Kier molecular flexibility index (Phi) is 4.28. The van der Waals surface area contributed by atoms with E-state index in [0.29, 0.717) is 23.1 Å². The summed E-state index contributed by atoms with van der Waals surface area (Å²) in [6, 6.07) is 10.3. The van der Waals surface area contributed by atoms with Crippen LogP contribution in [0, 0.1) is 0 Å². The van der Waals surface area contributed by atoms with Crippen molar-refractivity contribution in [1.82, 2.24) is 10.2 Å². The van der Waals surface area contributed by atoms with Gasteiger partial charge in [-0.1, -0.05) is 24.6 Å². The number of anilines is 1. The molecule has 1 aliphatic carbocycles. The van der Waals surface area contributed by atoms with Crippen molar-refractivity contribution in [3.05, 3.63) is 48.6 Å². The van der Waals surface area contributed by atoms with Crippen LogP contribution in [0.2, 0.25) is 0 Å². The van der Waals surface area contributed by atoms with Gasteiger partial charge in [-0.05, 0) is 31.9 Å². The number of nitrogens with zero attached hydrogens (tertiary/aromatic N) is 3. The number of rotatable bonds is 6. The molecule has 1 saturated carbocycles. The molecule has 136 valence electrons. The molecule has 1 aromatic carbocycles. The van der Waals surface area contributed by atoms with Crippen molar-refractivity contribution in [2.45, 2.75) is 37.2 Å². The van der Waals surface area contributed by atoms with Crippen LogP contribution < -0.4 is 4.31 Å². The lowest BCUT2D eigenvalue weighted by Gasteiger charge is -2.21. The van der Waals surface area contributed by atoms with E-state index in [0.717, 1.165) is 12.8 Å². The lowest BCUT2D eigenvalue weighted by molar-refractivity contribution is 0.338. The molecule has 0 spiro atoms. The molecule has 0 N–H and O–H groups in total. The summed E-state index contributed by atoms with van der Waals surface area (Å²) in [4.78, 5) is 0. The first kappa shape index (κ1) is 16.8. The number of para-hydroxylation sites is 1. The van der Waals surface area contributed by atoms with Crippen LogP contribution in [-0.2, 0) is 10.0 Å². The molecule has 26 heavy (non-hydrogen) atoms. The van der Waals surface area contributed by atoms with Gasteiger partial charge in [0, 0.05) is 18.5 Å². The molecule has 0 saturated heterocycles. The zero-order valence-electron chi connectivity index (χ0n) is 14.3. The summed E-state index contributed by atoms with van der Waals surface area (Å²) < 4.78 is 38.2. The van der Waals surface area contributed by atoms with Crippen LogP contribution in [0.5, 0.6) is 0 Å². The van der Waals surface area contributed by atoms with Gasteiger partial charge in [0.25, 0.3) is 15.9 Å². The molecule has 2 heterocycles. The highest BCUT2D eigenvalue weighted by atomic mass is 32.2. The van der Waals surface area contributed by atoms with E-state index in [2.05, 4.69) is 10.2 Å². The lowest BCUT2D eigenvalue weighted by atomic mass is 9.85. The highest BCUT2D eigenvalue weighted by molar-refractivity contribution is 7.92. The zero-order valence-corrected chi connectivity index (χ0v) is 15.1. The van der Waals surface area contributed by atoms with Crippen molar-refractivity contribution in [3.8, 4) is 11.5 Å². The van der Waals surface area contributed by atoms with Crippen LogP contribution in [0.1, 0.15) is 38.0 Å². The van der Waals surface area contributed by atoms with E-state index in [1.54, 1.807) is 31.2 Å². The summed E-state index contributed by atoms with van der Waals surface area (Å²) in [5.74, 6) is 1.20. The van der Waals surface area contributed by atoms with Crippen LogP contribution in [0.15, 0.2) is 56.6 Å². The highest BCUT2D eigenvalue weighted by Gasteiger charge is 2.29. The average Bonchev–Trinajstić information content (AvgIpc) is 3.24. The molecule has 0 unspecified atom stereocenters. The highest BCUT2D eigenvalue weighted by Crippen LogP contribution is 2.37. The van der Waals surface area contributed by atoms with E-state index in [4.69, 9.17) is 8.83 Å². The largest absolute Gasteiger partial charge is 0.450 e. The van der Waals surface area contributed by atoms with Gasteiger partial charge in [-0.2, -0.15) is 8.42 Å². The van der Waals surface area contributed by atoms with Crippen molar-refractivity contribution in [2.24, 2.45) is 0 Å². The van der Waals surface area contributed by atoms with Gasteiger partial charge in [-0.15, -0.1) is 10.2 Å². The number of furan rings is 1. The molecule has 0 bridgehead atoms. The van der Waals surface area contributed by atoms with Crippen molar-refractivity contribution >= 4 is 15.7 Å². The van der Waals surface area contributed by atoms with Crippen molar-refractivity contribution in [2.75, 3.05) is 10.8 Å². The second kappa shape index (κ2) is 6.60. The smallest absolute Gasteiger partial charge is 0.297 e. The Morgan fingerprint density at radius 1 is 1.19 bits per heavy atom. The Morgan fingerprint density at radius 2 is 1.96 bits per heavy atom. The molecule has 8 heteroatoms. The van der Waals surface area contributed by atoms with E-state index in [9.17, 15) is 8.42 Å². The molecular formula is C18H19N3O4S. The second-order valence-corrected chi connectivity index (χ2v) is 8.03. The number of aromatic nitrogens is 2. The maximum absolute atomic E-state index is 12.9. The molecule has 4 rings (SSSR count). The van der Waals surface area contributed by atoms with Gasteiger partial charge in [-0.3, -0.25) is 4.31 Å². The summed E-state index contributed by atoms with van der Waals surface area (Å²) in [6.07, 6.45) is 4.61. The Bertz CT molecular complexity index is 990. The third-order valence-electron chi connectivity index (χ3n) is 4.59. The molecule has 0 atom stereocenters. The van der Waals surface area contributed by atoms with Crippen LogP contribution in [-0.4, -0.2) is 25.2 Å². The fourth-order valence-electron chi connectivity index (χ4n) is 2.93. The first-order valence-electron chi connectivity index (χ1n) is 8.59. The van der Waals surface area contributed by atoms with Crippen molar-refractivity contribution in [1.29, 1.82) is 0 Å². The normalized spacial score (nSPS) is 15.0.